The van der Waals surface area contributed by atoms with Crippen LogP contribution in [-0.2, 0) is 9.59 Å². The number of primary amides is 1. The lowest BCUT2D eigenvalue weighted by Gasteiger charge is -2.11. The van der Waals surface area contributed by atoms with Gasteiger partial charge in [-0.1, -0.05) is 19.8 Å². The second-order valence-corrected chi connectivity index (χ2v) is 3.61. The third-order valence-electron chi connectivity index (χ3n) is 2.10. The van der Waals surface area contributed by atoms with Gasteiger partial charge in [0.15, 0.2) is 0 Å². The van der Waals surface area contributed by atoms with Gasteiger partial charge in [0, 0.05) is 13.0 Å². The van der Waals surface area contributed by atoms with Crippen LogP contribution in [0.4, 0.5) is 0 Å². The minimum atomic E-state index is -0.432. The van der Waals surface area contributed by atoms with Crippen molar-refractivity contribution in [3.05, 3.63) is 0 Å². The minimum absolute atomic E-state index is 0.145. The Hall–Kier alpha value is -1.10. The van der Waals surface area contributed by atoms with Gasteiger partial charge in [-0.15, -0.1) is 0 Å². The monoisotopic (exact) mass is 215 g/mol. The van der Waals surface area contributed by atoms with Gasteiger partial charge in [0.2, 0.25) is 11.8 Å². The van der Waals surface area contributed by atoms with E-state index in [1.807, 2.05) is 0 Å². The van der Waals surface area contributed by atoms with Gasteiger partial charge in [0.05, 0.1) is 6.04 Å². The molecule has 0 spiro atoms. The van der Waals surface area contributed by atoms with Crippen molar-refractivity contribution in [1.29, 1.82) is 0 Å². The van der Waals surface area contributed by atoms with Gasteiger partial charge >= 0.3 is 0 Å². The van der Waals surface area contributed by atoms with Gasteiger partial charge in [0.25, 0.3) is 0 Å². The first-order chi connectivity index (χ1) is 7.07. The molecular formula is C10H21N3O2. The Morgan fingerprint density at radius 2 is 2.00 bits per heavy atom. The summed E-state index contributed by atoms with van der Waals surface area (Å²) in [7, 11) is 0. The van der Waals surface area contributed by atoms with Crippen LogP contribution in [0.2, 0.25) is 0 Å². The number of hydrogen-bond donors (Lipinski definition) is 3. The molecule has 0 radical (unpaired) electrons. The van der Waals surface area contributed by atoms with Crippen LogP contribution in [0.3, 0.4) is 0 Å². The van der Waals surface area contributed by atoms with Crippen LogP contribution in [0.1, 0.15) is 39.0 Å². The number of carbonyl (C=O) groups excluding carboxylic acids is 2. The molecule has 0 rings (SSSR count). The van der Waals surface area contributed by atoms with E-state index in [4.69, 9.17) is 11.5 Å². The zero-order valence-electron chi connectivity index (χ0n) is 9.29. The van der Waals surface area contributed by atoms with E-state index in [0.717, 1.165) is 12.8 Å². The van der Waals surface area contributed by atoms with Crippen LogP contribution in [0.15, 0.2) is 0 Å². The van der Waals surface area contributed by atoms with Crippen molar-refractivity contribution >= 4 is 11.8 Å². The highest BCUT2D eigenvalue weighted by Gasteiger charge is 2.11. The fraction of sp³-hybridized carbons (Fsp3) is 0.800. The zero-order valence-corrected chi connectivity index (χ0v) is 9.29. The first-order valence-corrected chi connectivity index (χ1v) is 5.39. The van der Waals surface area contributed by atoms with Crippen molar-refractivity contribution in [2.45, 2.75) is 45.1 Å². The van der Waals surface area contributed by atoms with Crippen LogP contribution in [-0.4, -0.2) is 24.4 Å². The van der Waals surface area contributed by atoms with E-state index in [-0.39, 0.29) is 11.8 Å². The summed E-state index contributed by atoms with van der Waals surface area (Å²) in [6.45, 7) is 2.51. The summed E-state index contributed by atoms with van der Waals surface area (Å²) in [5.41, 5.74) is 10.6. The molecule has 0 aromatic rings. The molecular weight excluding hydrogens is 194 g/mol. The summed E-state index contributed by atoms with van der Waals surface area (Å²) in [5, 5.41) is 2.67. The highest BCUT2D eigenvalue weighted by Crippen LogP contribution is 1.98. The van der Waals surface area contributed by atoms with E-state index in [0.29, 0.717) is 25.8 Å². The standard InChI is InChI=1S/C10H21N3O2/c1-2-3-5-8(11)10(15)13-7-4-6-9(12)14/h8H,2-7,11H2,1H3,(H2,12,14)(H,13,15)/t8-/m0/s1. The van der Waals surface area contributed by atoms with Crippen molar-refractivity contribution < 1.29 is 9.59 Å². The number of carbonyl (C=O) groups is 2. The van der Waals surface area contributed by atoms with Crippen molar-refractivity contribution in [3.63, 3.8) is 0 Å². The maximum atomic E-state index is 11.3. The maximum Gasteiger partial charge on any atom is 0.236 e. The minimum Gasteiger partial charge on any atom is -0.370 e. The molecule has 5 heteroatoms. The number of nitrogens with one attached hydrogen (secondary N) is 1. The van der Waals surface area contributed by atoms with Crippen LogP contribution in [0.25, 0.3) is 0 Å². The molecule has 0 aliphatic rings. The highest BCUT2D eigenvalue weighted by molar-refractivity contribution is 5.81. The molecule has 0 fully saturated rings. The summed E-state index contributed by atoms with van der Waals surface area (Å²) in [5.74, 6) is -0.493. The zero-order chi connectivity index (χ0) is 11.7. The van der Waals surface area contributed by atoms with Gasteiger partial charge in [-0.25, -0.2) is 0 Å². The third kappa shape index (κ3) is 7.93. The lowest BCUT2D eigenvalue weighted by atomic mass is 10.1. The Kier molecular flexibility index (Phi) is 7.62. The quantitative estimate of drug-likeness (QED) is 0.492. The number of hydrogen-bond acceptors (Lipinski definition) is 3. The molecule has 88 valence electrons. The molecule has 1 atom stereocenters. The van der Waals surface area contributed by atoms with Gasteiger partial charge in [-0.3, -0.25) is 9.59 Å². The Morgan fingerprint density at radius 1 is 1.33 bits per heavy atom. The smallest absolute Gasteiger partial charge is 0.236 e. The van der Waals surface area contributed by atoms with E-state index >= 15 is 0 Å². The molecule has 0 aliphatic carbocycles. The van der Waals surface area contributed by atoms with E-state index < -0.39 is 6.04 Å². The fourth-order valence-electron chi connectivity index (χ4n) is 1.16. The van der Waals surface area contributed by atoms with Crippen molar-refractivity contribution in [2.75, 3.05) is 6.54 Å². The van der Waals surface area contributed by atoms with Crippen molar-refractivity contribution in [3.8, 4) is 0 Å². The van der Waals surface area contributed by atoms with Crippen LogP contribution in [0, 0.1) is 0 Å². The van der Waals surface area contributed by atoms with Gasteiger partial charge in [-0.05, 0) is 12.8 Å². The predicted molar refractivity (Wildman–Crippen MR) is 58.9 cm³/mol. The molecule has 5 nitrogen and oxygen atoms in total. The third-order valence-corrected chi connectivity index (χ3v) is 2.10. The molecule has 0 aliphatic heterocycles. The summed E-state index contributed by atoms with van der Waals surface area (Å²) in [4.78, 5) is 21.7. The average molecular weight is 215 g/mol. The number of unbranched alkanes of at least 4 members (excludes halogenated alkanes) is 1. The number of rotatable bonds is 8. The molecule has 5 N–H and O–H groups in total. The first kappa shape index (κ1) is 13.9. The predicted octanol–water partition coefficient (Wildman–Crippen LogP) is -0.114. The van der Waals surface area contributed by atoms with Crippen LogP contribution in [0.5, 0.6) is 0 Å². The van der Waals surface area contributed by atoms with E-state index in [9.17, 15) is 9.59 Å². The van der Waals surface area contributed by atoms with Crippen LogP contribution >= 0.6 is 0 Å². The summed E-state index contributed by atoms with van der Waals surface area (Å²) >= 11 is 0. The van der Waals surface area contributed by atoms with E-state index in [1.54, 1.807) is 0 Å². The molecule has 0 heterocycles. The summed E-state index contributed by atoms with van der Waals surface area (Å²) in [6, 6.07) is -0.432. The normalized spacial score (nSPS) is 12.1. The van der Waals surface area contributed by atoms with Gasteiger partial charge in [0.1, 0.15) is 0 Å². The summed E-state index contributed by atoms with van der Waals surface area (Å²) in [6.07, 6.45) is 3.56. The maximum absolute atomic E-state index is 11.3. The van der Waals surface area contributed by atoms with Gasteiger partial charge < -0.3 is 16.8 Å². The second-order valence-electron chi connectivity index (χ2n) is 3.61. The van der Waals surface area contributed by atoms with E-state index in [1.165, 1.54) is 0 Å². The molecule has 0 saturated carbocycles. The Bertz CT molecular complexity index is 207. The molecule has 0 aromatic carbocycles. The average Bonchev–Trinajstić information content (AvgIpc) is 2.20. The Labute approximate surface area is 90.6 Å². The summed E-state index contributed by atoms with van der Waals surface area (Å²) < 4.78 is 0. The first-order valence-electron chi connectivity index (χ1n) is 5.39. The molecule has 0 bridgehead atoms. The molecule has 15 heavy (non-hydrogen) atoms. The lowest BCUT2D eigenvalue weighted by Crippen LogP contribution is -2.41. The molecule has 2 amide bonds. The lowest BCUT2D eigenvalue weighted by molar-refractivity contribution is -0.123. The Morgan fingerprint density at radius 3 is 2.53 bits per heavy atom. The van der Waals surface area contributed by atoms with Crippen molar-refractivity contribution in [1.82, 2.24) is 5.32 Å². The largest absolute Gasteiger partial charge is 0.370 e. The number of amides is 2. The molecule has 0 saturated heterocycles. The molecule has 0 unspecified atom stereocenters. The SMILES string of the molecule is CCCC[C@H](N)C(=O)NCCCC(N)=O. The highest BCUT2D eigenvalue weighted by atomic mass is 16.2. The second kappa shape index (κ2) is 8.23. The van der Waals surface area contributed by atoms with Crippen LogP contribution < -0.4 is 16.8 Å². The topological polar surface area (TPSA) is 98.2 Å². The Balaban J connectivity index is 3.51. The molecule has 0 aromatic heterocycles. The fourth-order valence-corrected chi connectivity index (χ4v) is 1.16. The van der Waals surface area contributed by atoms with Crippen molar-refractivity contribution in [2.24, 2.45) is 11.5 Å². The van der Waals surface area contributed by atoms with Gasteiger partial charge in [-0.2, -0.15) is 0 Å². The number of nitrogens with two attached hydrogens (primary N) is 2. The van der Waals surface area contributed by atoms with E-state index in [2.05, 4.69) is 12.2 Å².